The van der Waals surface area contributed by atoms with Crippen molar-refractivity contribution in [3.05, 3.63) is 35.9 Å². The topological polar surface area (TPSA) is 21.3 Å². The molecule has 2 heteroatoms. The number of rotatable bonds is 4. The summed E-state index contributed by atoms with van der Waals surface area (Å²) in [5.74, 6) is 0.847. The Morgan fingerprint density at radius 2 is 1.94 bits per heavy atom. The van der Waals surface area contributed by atoms with E-state index in [0.29, 0.717) is 12.1 Å². The number of ether oxygens (including phenoxy) is 1. The molecule has 1 aromatic carbocycles. The molecule has 0 amide bonds. The third-order valence-electron chi connectivity index (χ3n) is 3.83. The highest BCUT2D eigenvalue weighted by molar-refractivity contribution is 5.21. The molecule has 1 aromatic rings. The summed E-state index contributed by atoms with van der Waals surface area (Å²) < 4.78 is 5.56. The molecule has 92 valence electrons. The van der Waals surface area contributed by atoms with Crippen molar-refractivity contribution in [2.45, 2.75) is 37.8 Å². The smallest absolute Gasteiger partial charge is 0.0619 e. The van der Waals surface area contributed by atoms with Crippen molar-refractivity contribution in [2.75, 3.05) is 13.2 Å². The molecule has 2 aliphatic rings. The van der Waals surface area contributed by atoms with Crippen molar-refractivity contribution < 1.29 is 4.74 Å². The van der Waals surface area contributed by atoms with Gasteiger partial charge in [0, 0.05) is 18.7 Å². The van der Waals surface area contributed by atoms with Crippen LogP contribution >= 0.6 is 0 Å². The zero-order valence-corrected chi connectivity index (χ0v) is 10.3. The maximum Gasteiger partial charge on any atom is 0.0619 e. The lowest BCUT2D eigenvalue weighted by Gasteiger charge is -2.29. The molecule has 2 fully saturated rings. The zero-order chi connectivity index (χ0) is 11.5. The van der Waals surface area contributed by atoms with Gasteiger partial charge in [0.15, 0.2) is 0 Å². The minimum atomic E-state index is 0.544. The highest BCUT2D eigenvalue weighted by Crippen LogP contribution is 2.41. The fourth-order valence-electron chi connectivity index (χ4n) is 2.72. The number of hydrogen-bond donors (Lipinski definition) is 1. The van der Waals surface area contributed by atoms with Crippen LogP contribution in [-0.2, 0) is 4.74 Å². The van der Waals surface area contributed by atoms with Gasteiger partial charge in [-0.05, 0) is 37.2 Å². The van der Waals surface area contributed by atoms with Gasteiger partial charge in [-0.3, -0.25) is 0 Å². The monoisotopic (exact) mass is 231 g/mol. The summed E-state index contributed by atoms with van der Waals surface area (Å²) in [6.07, 6.45) is 5.21. The van der Waals surface area contributed by atoms with E-state index >= 15 is 0 Å². The van der Waals surface area contributed by atoms with Crippen molar-refractivity contribution in [2.24, 2.45) is 5.92 Å². The molecule has 0 aromatic heterocycles. The van der Waals surface area contributed by atoms with E-state index in [4.69, 9.17) is 4.74 Å². The Balaban J connectivity index is 1.67. The summed E-state index contributed by atoms with van der Waals surface area (Å²) in [6.45, 7) is 1.83. The van der Waals surface area contributed by atoms with Crippen LogP contribution in [0.15, 0.2) is 30.3 Å². The average molecular weight is 231 g/mol. The second-order valence-electron chi connectivity index (χ2n) is 5.31. The summed E-state index contributed by atoms with van der Waals surface area (Å²) >= 11 is 0. The molecular formula is C15H21NO. The Morgan fingerprint density at radius 1 is 1.12 bits per heavy atom. The lowest BCUT2D eigenvalue weighted by molar-refractivity contribution is 0.0652. The van der Waals surface area contributed by atoms with Crippen LogP contribution in [0.2, 0.25) is 0 Å². The van der Waals surface area contributed by atoms with Crippen molar-refractivity contribution in [3.63, 3.8) is 0 Å². The molecule has 17 heavy (non-hydrogen) atoms. The van der Waals surface area contributed by atoms with Crippen LogP contribution in [0.4, 0.5) is 0 Å². The fourth-order valence-corrected chi connectivity index (χ4v) is 2.72. The predicted molar refractivity (Wildman–Crippen MR) is 68.9 cm³/mol. The SMILES string of the molecule is c1ccc(C(NC2CCCOC2)C2CC2)cc1. The van der Waals surface area contributed by atoms with Gasteiger partial charge in [0.05, 0.1) is 6.61 Å². The molecule has 1 N–H and O–H groups in total. The van der Waals surface area contributed by atoms with Gasteiger partial charge in [-0.15, -0.1) is 0 Å². The molecule has 2 unspecified atom stereocenters. The van der Waals surface area contributed by atoms with E-state index in [1.807, 2.05) is 0 Å². The van der Waals surface area contributed by atoms with Crippen LogP contribution in [0, 0.1) is 5.92 Å². The highest BCUT2D eigenvalue weighted by Gasteiger charge is 2.33. The Morgan fingerprint density at radius 3 is 2.59 bits per heavy atom. The molecule has 1 saturated heterocycles. The first kappa shape index (κ1) is 11.2. The van der Waals surface area contributed by atoms with E-state index < -0.39 is 0 Å². The Kier molecular flexibility index (Phi) is 3.44. The quantitative estimate of drug-likeness (QED) is 0.860. The van der Waals surface area contributed by atoms with Gasteiger partial charge in [0.2, 0.25) is 0 Å². The third-order valence-corrected chi connectivity index (χ3v) is 3.83. The van der Waals surface area contributed by atoms with Crippen LogP contribution in [-0.4, -0.2) is 19.3 Å². The molecule has 1 heterocycles. The molecule has 0 spiro atoms. The van der Waals surface area contributed by atoms with Crippen LogP contribution in [0.1, 0.15) is 37.3 Å². The minimum absolute atomic E-state index is 0.544. The van der Waals surface area contributed by atoms with E-state index in [9.17, 15) is 0 Å². The summed E-state index contributed by atoms with van der Waals surface area (Å²) in [4.78, 5) is 0. The summed E-state index contributed by atoms with van der Waals surface area (Å²) in [7, 11) is 0. The highest BCUT2D eigenvalue weighted by atomic mass is 16.5. The molecule has 0 radical (unpaired) electrons. The summed E-state index contributed by atoms with van der Waals surface area (Å²) in [5.41, 5.74) is 1.44. The van der Waals surface area contributed by atoms with Gasteiger partial charge in [0.1, 0.15) is 0 Å². The lowest BCUT2D eigenvalue weighted by atomic mass is 10.00. The van der Waals surface area contributed by atoms with Gasteiger partial charge in [0.25, 0.3) is 0 Å². The van der Waals surface area contributed by atoms with Crippen molar-refractivity contribution >= 4 is 0 Å². The number of hydrogen-bond acceptors (Lipinski definition) is 2. The number of nitrogens with one attached hydrogen (secondary N) is 1. The van der Waals surface area contributed by atoms with Crippen LogP contribution in [0.3, 0.4) is 0 Å². The van der Waals surface area contributed by atoms with Crippen LogP contribution < -0.4 is 5.32 Å². The number of benzene rings is 1. The molecule has 1 saturated carbocycles. The van der Waals surface area contributed by atoms with Gasteiger partial charge >= 0.3 is 0 Å². The second-order valence-corrected chi connectivity index (χ2v) is 5.31. The molecule has 3 rings (SSSR count). The molecular weight excluding hydrogens is 210 g/mol. The van der Waals surface area contributed by atoms with Gasteiger partial charge < -0.3 is 10.1 Å². The normalized spacial score (nSPS) is 26.7. The first-order valence-corrected chi connectivity index (χ1v) is 6.82. The third kappa shape index (κ3) is 2.88. The van der Waals surface area contributed by atoms with E-state index in [1.165, 1.54) is 31.2 Å². The maximum absolute atomic E-state index is 5.56. The lowest BCUT2D eigenvalue weighted by Crippen LogP contribution is -2.39. The summed E-state index contributed by atoms with van der Waals surface area (Å²) in [6, 6.07) is 12.0. The standard InChI is InChI=1S/C15H21NO/c1-2-5-12(6-3-1)15(13-8-9-13)16-14-7-4-10-17-11-14/h1-3,5-6,13-16H,4,7-11H2. The van der Waals surface area contributed by atoms with Crippen molar-refractivity contribution in [1.29, 1.82) is 0 Å². The molecule has 1 aliphatic carbocycles. The predicted octanol–water partition coefficient (Wildman–Crippen LogP) is 2.91. The molecule has 2 atom stereocenters. The summed E-state index contributed by atoms with van der Waals surface area (Å²) in [5, 5.41) is 3.81. The largest absolute Gasteiger partial charge is 0.380 e. The van der Waals surface area contributed by atoms with Gasteiger partial charge in [-0.25, -0.2) is 0 Å². The van der Waals surface area contributed by atoms with E-state index in [2.05, 4.69) is 35.6 Å². The van der Waals surface area contributed by atoms with Gasteiger partial charge in [-0.1, -0.05) is 30.3 Å². The molecule has 1 aliphatic heterocycles. The fraction of sp³-hybridized carbons (Fsp3) is 0.600. The minimum Gasteiger partial charge on any atom is -0.380 e. The van der Waals surface area contributed by atoms with E-state index in [0.717, 1.165) is 19.1 Å². The van der Waals surface area contributed by atoms with Crippen molar-refractivity contribution in [3.8, 4) is 0 Å². The first-order valence-electron chi connectivity index (χ1n) is 6.82. The van der Waals surface area contributed by atoms with E-state index in [1.54, 1.807) is 0 Å². The zero-order valence-electron chi connectivity index (χ0n) is 10.3. The van der Waals surface area contributed by atoms with Crippen LogP contribution in [0.5, 0.6) is 0 Å². The van der Waals surface area contributed by atoms with Crippen LogP contribution in [0.25, 0.3) is 0 Å². The Bertz CT molecular complexity index is 341. The van der Waals surface area contributed by atoms with E-state index in [-0.39, 0.29) is 0 Å². The first-order chi connectivity index (χ1) is 8.43. The Hall–Kier alpha value is -0.860. The van der Waals surface area contributed by atoms with Crippen molar-refractivity contribution in [1.82, 2.24) is 5.32 Å². The molecule has 2 nitrogen and oxygen atoms in total. The van der Waals surface area contributed by atoms with Gasteiger partial charge in [-0.2, -0.15) is 0 Å². The maximum atomic E-state index is 5.56. The second kappa shape index (κ2) is 5.19. The molecule has 0 bridgehead atoms. The Labute approximate surface area is 103 Å². The average Bonchev–Trinajstić information content (AvgIpc) is 3.23.